The van der Waals surface area contributed by atoms with Crippen LogP contribution in [0.4, 0.5) is 0 Å². The molecule has 0 aliphatic carbocycles. The van der Waals surface area contributed by atoms with Gasteiger partial charge in [-0.05, 0) is 31.6 Å². The highest BCUT2D eigenvalue weighted by molar-refractivity contribution is 6.27. The monoisotopic (exact) mass is 267 g/mol. The maximum atomic E-state index is 11.9. The zero-order chi connectivity index (χ0) is 13.5. The zero-order valence-electron chi connectivity index (χ0n) is 10.2. The Hall–Kier alpha value is -1.81. The summed E-state index contributed by atoms with van der Waals surface area (Å²) in [4.78, 5) is 23.1. The van der Waals surface area contributed by atoms with E-state index >= 15 is 0 Å². The molecule has 1 aromatic carbocycles. The number of allylic oxidation sites excluding steroid dienone is 1. The highest BCUT2D eigenvalue weighted by Gasteiger charge is 2.16. The van der Waals surface area contributed by atoms with E-state index in [0.29, 0.717) is 11.3 Å². The number of halogens is 1. The Morgan fingerprint density at radius 1 is 1.22 bits per heavy atom. The summed E-state index contributed by atoms with van der Waals surface area (Å²) in [6, 6.07) is 8.63. The van der Waals surface area contributed by atoms with Crippen LogP contribution in [0.1, 0.15) is 13.8 Å². The maximum Gasteiger partial charge on any atom is 0.360 e. The molecule has 1 aromatic rings. The molecule has 0 unspecified atom stereocenters. The second kappa shape index (κ2) is 6.81. The molecule has 0 aliphatic heterocycles. The maximum absolute atomic E-state index is 11.9. The molecule has 0 radical (unpaired) electrons. The number of benzene rings is 1. The molecule has 0 aromatic heterocycles. The number of esters is 1. The van der Waals surface area contributed by atoms with E-state index in [1.165, 1.54) is 0 Å². The number of hydrogen-bond donors (Lipinski definition) is 1. The second-order valence-corrected chi connectivity index (χ2v) is 4.03. The molecule has 0 aliphatic rings. The second-order valence-electron chi connectivity index (χ2n) is 3.76. The van der Waals surface area contributed by atoms with E-state index in [4.69, 9.17) is 16.3 Å². The highest BCUT2D eigenvalue weighted by atomic mass is 35.5. The van der Waals surface area contributed by atoms with Crippen LogP contribution in [0.5, 0.6) is 5.75 Å². The fourth-order valence-electron chi connectivity index (χ4n) is 1.20. The fourth-order valence-corrected chi connectivity index (χ4v) is 1.27. The number of ether oxygens (including phenoxy) is 1. The summed E-state index contributed by atoms with van der Waals surface area (Å²) in [5.41, 5.74) is 0.763. The fraction of sp³-hybridized carbons (Fsp3) is 0.231. The number of para-hydroxylation sites is 1. The summed E-state index contributed by atoms with van der Waals surface area (Å²) in [7, 11) is 0. The minimum absolute atomic E-state index is 0.115. The van der Waals surface area contributed by atoms with E-state index in [1.54, 1.807) is 38.1 Å². The summed E-state index contributed by atoms with van der Waals surface area (Å²) in [6.45, 7) is 3.41. The third kappa shape index (κ3) is 4.22. The van der Waals surface area contributed by atoms with Crippen LogP contribution in [0.2, 0.25) is 0 Å². The van der Waals surface area contributed by atoms with Crippen molar-refractivity contribution in [3.05, 3.63) is 41.6 Å². The Balaban J connectivity index is 2.80. The van der Waals surface area contributed by atoms with Crippen molar-refractivity contribution in [1.82, 2.24) is 5.32 Å². The van der Waals surface area contributed by atoms with Gasteiger partial charge in [0.2, 0.25) is 5.91 Å². The standard InChI is InChI=1S/C13H14ClNO3/c1-9(2)12(15-11(16)8-14)13(17)18-10-6-4-3-5-7-10/h3-7H,8H2,1-2H3,(H,15,16). The van der Waals surface area contributed by atoms with Crippen molar-refractivity contribution in [2.45, 2.75) is 13.8 Å². The average Bonchev–Trinajstić information content (AvgIpc) is 2.36. The predicted molar refractivity (Wildman–Crippen MR) is 69.3 cm³/mol. The molecule has 1 amide bonds. The lowest BCUT2D eigenvalue weighted by Crippen LogP contribution is -2.31. The van der Waals surface area contributed by atoms with E-state index in [0.717, 1.165) is 0 Å². The first-order chi connectivity index (χ1) is 8.54. The van der Waals surface area contributed by atoms with Crippen LogP contribution in [0.15, 0.2) is 41.6 Å². The summed E-state index contributed by atoms with van der Waals surface area (Å²) in [6.07, 6.45) is 0. The predicted octanol–water partition coefficient (Wildman–Crippen LogP) is 2.24. The number of nitrogens with one attached hydrogen (secondary N) is 1. The van der Waals surface area contributed by atoms with E-state index in [9.17, 15) is 9.59 Å². The van der Waals surface area contributed by atoms with E-state index in [-0.39, 0.29) is 11.6 Å². The van der Waals surface area contributed by atoms with Crippen molar-refractivity contribution in [2.75, 3.05) is 5.88 Å². The molecule has 0 atom stereocenters. The van der Waals surface area contributed by atoms with Gasteiger partial charge in [0.05, 0.1) is 0 Å². The highest BCUT2D eigenvalue weighted by Crippen LogP contribution is 2.11. The molecule has 1 rings (SSSR count). The van der Waals surface area contributed by atoms with Crippen molar-refractivity contribution in [3.8, 4) is 5.75 Å². The molecule has 0 heterocycles. The van der Waals surface area contributed by atoms with Crippen molar-refractivity contribution >= 4 is 23.5 Å². The van der Waals surface area contributed by atoms with Crippen LogP contribution >= 0.6 is 11.6 Å². The van der Waals surface area contributed by atoms with Gasteiger partial charge in [0, 0.05) is 0 Å². The van der Waals surface area contributed by atoms with Crippen LogP contribution in [0.25, 0.3) is 0 Å². The minimum Gasteiger partial charge on any atom is -0.422 e. The van der Waals surface area contributed by atoms with Crippen LogP contribution < -0.4 is 10.1 Å². The Morgan fingerprint density at radius 2 is 1.83 bits per heavy atom. The van der Waals surface area contributed by atoms with Gasteiger partial charge in [-0.1, -0.05) is 18.2 Å². The normalized spacial score (nSPS) is 9.50. The lowest BCUT2D eigenvalue weighted by molar-refractivity contribution is -0.132. The van der Waals surface area contributed by atoms with E-state index < -0.39 is 11.9 Å². The molecular formula is C13H14ClNO3. The molecule has 96 valence electrons. The number of alkyl halides is 1. The summed E-state index contributed by atoms with van der Waals surface area (Å²) in [5.74, 6) is -0.853. The zero-order valence-corrected chi connectivity index (χ0v) is 11.0. The molecule has 0 saturated carbocycles. The number of amides is 1. The van der Waals surface area contributed by atoms with Gasteiger partial charge in [0.25, 0.3) is 0 Å². The third-order valence-corrected chi connectivity index (χ3v) is 2.29. The molecule has 5 heteroatoms. The molecule has 0 saturated heterocycles. The largest absolute Gasteiger partial charge is 0.422 e. The van der Waals surface area contributed by atoms with Gasteiger partial charge in [-0.15, -0.1) is 11.6 Å². The van der Waals surface area contributed by atoms with Crippen molar-refractivity contribution in [2.24, 2.45) is 0 Å². The molecule has 4 nitrogen and oxygen atoms in total. The topological polar surface area (TPSA) is 55.4 Å². The van der Waals surface area contributed by atoms with Crippen molar-refractivity contribution in [3.63, 3.8) is 0 Å². The molecule has 0 spiro atoms. The SMILES string of the molecule is CC(C)=C(NC(=O)CCl)C(=O)Oc1ccccc1. The van der Waals surface area contributed by atoms with Crippen molar-refractivity contribution in [1.29, 1.82) is 0 Å². The molecule has 1 N–H and O–H groups in total. The Kier molecular flexibility index (Phi) is 5.39. The van der Waals surface area contributed by atoms with Crippen molar-refractivity contribution < 1.29 is 14.3 Å². The third-order valence-electron chi connectivity index (χ3n) is 2.04. The number of carbonyl (C=O) groups excluding carboxylic acids is 2. The number of carbonyl (C=O) groups is 2. The smallest absolute Gasteiger partial charge is 0.360 e. The van der Waals surface area contributed by atoms with Gasteiger partial charge in [-0.3, -0.25) is 4.79 Å². The minimum atomic E-state index is -0.611. The quantitative estimate of drug-likeness (QED) is 0.394. The van der Waals surface area contributed by atoms with Gasteiger partial charge in [0.1, 0.15) is 17.3 Å². The number of rotatable bonds is 4. The Bertz CT molecular complexity index is 464. The molecular weight excluding hydrogens is 254 g/mol. The van der Waals surface area contributed by atoms with Gasteiger partial charge < -0.3 is 10.1 Å². The lowest BCUT2D eigenvalue weighted by atomic mass is 10.2. The molecule has 18 heavy (non-hydrogen) atoms. The number of hydrogen-bond acceptors (Lipinski definition) is 3. The van der Waals surface area contributed by atoms with Crippen LogP contribution in [0, 0.1) is 0 Å². The Labute approximate surface area is 111 Å². The summed E-state index contributed by atoms with van der Waals surface area (Å²) >= 11 is 5.38. The Morgan fingerprint density at radius 3 is 2.33 bits per heavy atom. The van der Waals surface area contributed by atoms with Crippen LogP contribution in [-0.4, -0.2) is 17.8 Å². The summed E-state index contributed by atoms with van der Waals surface area (Å²) in [5, 5.41) is 2.42. The average molecular weight is 268 g/mol. The van der Waals surface area contributed by atoms with Gasteiger partial charge >= 0.3 is 5.97 Å². The van der Waals surface area contributed by atoms with Gasteiger partial charge in [-0.2, -0.15) is 0 Å². The first kappa shape index (κ1) is 14.3. The lowest BCUT2D eigenvalue weighted by Gasteiger charge is -2.10. The van der Waals surface area contributed by atoms with E-state index in [1.807, 2.05) is 6.07 Å². The first-order valence-electron chi connectivity index (χ1n) is 5.35. The first-order valence-corrected chi connectivity index (χ1v) is 5.88. The molecule has 0 fully saturated rings. The van der Waals surface area contributed by atoms with Gasteiger partial charge in [-0.25, -0.2) is 4.79 Å². The molecule has 0 bridgehead atoms. The van der Waals surface area contributed by atoms with E-state index in [2.05, 4.69) is 5.32 Å². The van der Waals surface area contributed by atoms with Crippen LogP contribution in [0.3, 0.4) is 0 Å². The van der Waals surface area contributed by atoms with Crippen LogP contribution in [-0.2, 0) is 9.59 Å². The van der Waals surface area contributed by atoms with Gasteiger partial charge in [0.15, 0.2) is 0 Å². The summed E-state index contributed by atoms with van der Waals surface area (Å²) < 4.78 is 5.13.